The first kappa shape index (κ1) is 27.4. The van der Waals surface area contributed by atoms with Crippen LogP contribution in [0.1, 0.15) is 16.7 Å². The molecule has 0 saturated carbocycles. The Morgan fingerprint density at radius 3 is 2.40 bits per heavy atom. The summed E-state index contributed by atoms with van der Waals surface area (Å²) < 4.78 is 73.5. The fourth-order valence-electron chi connectivity index (χ4n) is 4.39. The van der Waals surface area contributed by atoms with Gasteiger partial charge in [0.25, 0.3) is 0 Å². The minimum Gasteiger partial charge on any atom is -0.455 e. The average Bonchev–Trinajstić information content (AvgIpc) is 2.91. The predicted octanol–water partition coefficient (Wildman–Crippen LogP) is 5.22. The number of nitrogens with zero attached hydrogens (tertiary/aromatic N) is 5. The van der Waals surface area contributed by atoms with E-state index >= 15 is 0 Å². The number of hydrogen-bond donors (Lipinski definition) is 0. The zero-order valence-electron chi connectivity index (χ0n) is 21.4. The summed E-state index contributed by atoms with van der Waals surface area (Å²) in [5, 5.41) is 0. The van der Waals surface area contributed by atoms with Crippen LogP contribution in [0.25, 0.3) is 11.2 Å². The number of fused-ring (bicyclic) bond motifs is 1. The summed E-state index contributed by atoms with van der Waals surface area (Å²) in [6.07, 6.45) is -2.56. The van der Waals surface area contributed by atoms with Crippen LogP contribution in [-0.2, 0) is 23.8 Å². The number of benzene rings is 2. The topological polar surface area (TPSA) is 71.5 Å². The van der Waals surface area contributed by atoms with Gasteiger partial charge in [0.15, 0.2) is 16.9 Å². The molecule has 0 spiro atoms. The highest BCUT2D eigenvalue weighted by Crippen LogP contribution is 2.31. The number of carbonyl (C=O) groups excluding carboxylic acids is 1. The highest BCUT2D eigenvalue weighted by atomic mass is 19.4. The van der Waals surface area contributed by atoms with Crippen LogP contribution < -0.4 is 9.64 Å². The van der Waals surface area contributed by atoms with E-state index in [2.05, 4.69) is 31.8 Å². The van der Waals surface area contributed by atoms with Crippen LogP contribution in [0.4, 0.5) is 27.8 Å². The first-order valence-corrected chi connectivity index (χ1v) is 12.5. The second-order valence-electron chi connectivity index (χ2n) is 9.55. The van der Waals surface area contributed by atoms with E-state index in [1.165, 1.54) is 18.3 Å². The van der Waals surface area contributed by atoms with Crippen molar-refractivity contribution >= 4 is 22.8 Å². The molecule has 1 saturated heterocycles. The second kappa shape index (κ2) is 11.1. The molecule has 1 aliphatic rings. The molecule has 0 radical (unpaired) electrons. The van der Waals surface area contributed by atoms with Crippen molar-refractivity contribution in [3.63, 3.8) is 0 Å². The van der Waals surface area contributed by atoms with E-state index in [-0.39, 0.29) is 11.3 Å². The summed E-state index contributed by atoms with van der Waals surface area (Å²) in [5.41, 5.74) is -0.697. The van der Waals surface area contributed by atoms with Crippen molar-refractivity contribution in [2.24, 2.45) is 0 Å². The maximum atomic E-state index is 14.8. The number of ether oxygens (including phenoxy) is 1. The normalized spacial score (nSPS) is 14.5. The lowest BCUT2D eigenvalue weighted by atomic mass is 10.00. The Morgan fingerprint density at radius 2 is 1.68 bits per heavy atom. The lowest BCUT2D eigenvalue weighted by molar-refractivity contribution is -0.137. The molecule has 2 aromatic carbocycles. The molecule has 4 aromatic rings. The first-order valence-electron chi connectivity index (χ1n) is 12.5. The van der Waals surface area contributed by atoms with Crippen molar-refractivity contribution in [2.75, 3.05) is 38.1 Å². The van der Waals surface area contributed by atoms with Gasteiger partial charge in [-0.1, -0.05) is 6.07 Å². The number of likely N-dealkylation sites (N-methyl/N-ethyl adjacent to an activating group) is 1. The molecule has 0 bridgehead atoms. The van der Waals surface area contributed by atoms with Crippen molar-refractivity contribution in [3.8, 4) is 11.5 Å². The van der Waals surface area contributed by atoms with Crippen LogP contribution in [0.2, 0.25) is 0 Å². The minimum absolute atomic E-state index is 0.000862. The van der Waals surface area contributed by atoms with Gasteiger partial charge >= 0.3 is 6.18 Å². The predicted molar refractivity (Wildman–Crippen MR) is 137 cm³/mol. The molecule has 0 aliphatic carbocycles. The molecule has 1 fully saturated rings. The molecule has 1 aliphatic heterocycles. The van der Waals surface area contributed by atoms with Gasteiger partial charge in [0, 0.05) is 57.4 Å². The van der Waals surface area contributed by atoms with E-state index in [1.54, 1.807) is 12.3 Å². The summed E-state index contributed by atoms with van der Waals surface area (Å²) in [6, 6.07) is 7.32. The minimum atomic E-state index is -4.67. The number of alkyl halides is 3. The highest BCUT2D eigenvalue weighted by Gasteiger charge is 2.31. The average molecular weight is 558 g/mol. The number of halogens is 5. The molecule has 2 aromatic heterocycles. The van der Waals surface area contributed by atoms with Gasteiger partial charge in [0.1, 0.15) is 29.0 Å². The van der Waals surface area contributed by atoms with Gasteiger partial charge in [-0.05, 0) is 42.4 Å². The third-order valence-corrected chi connectivity index (χ3v) is 6.63. The Hall–Kier alpha value is -4.19. The van der Waals surface area contributed by atoms with Crippen LogP contribution >= 0.6 is 0 Å². The monoisotopic (exact) mass is 557 g/mol. The maximum absolute atomic E-state index is 14.8. The number of hydrogen-bond acceptors (Lipinski definition) is 7. The lowest BCUT2D eigenvalue weighted by Crippen LogP contribution is -2.44. The summed E-state index contributed by atoms with van der Waals surface area (Å²) in [5.74, 6) is -1.18. The number of ketones is 1. The zero-order valence-corrected chi connectivity index (χ0v) is 21.4. The van der Waals surface area contributed by atoms with Gasteiger partial charge in [-0.3, -0.25) is 4.79 Å². The molecule has 40 heavy (non-hydrogen) atoms. The van der Waals surface area contributed by atoms with Crippen molar-refractivity contribution in [3.05, 3.63) is 83.2 Å². The summed E-state index contributed by atoms with van der Waals surface area (Å²) in [4.78, 5) is 30.2. The van der Waals surface area contributed by atoms with Crippen LogP contribution in [0.15, 0.2) is 54.9 Å². The number of piperazine rings is 1. The molecular formula is C28H24F5N5O2. The number of aromatic nitrogens is 3. The SMILES string of the molecule is CN1CCN(c2cnc3c(Oc4ccc(CC(=O)Cc5cc(C(F)(F)F)ccc5F)c(F)c4)ccnc3n2)CC1. The fraction of sp³-hybridized carbons (Fsp3) is 0.286. The van der Waals surface area contributed by atoms with Crippen molar-refractivity contribution < 1.29 is 31.5 Å². The number of pyridine rings is 1. The van der Waals surface area contributed by atoms with Gasteiger partial charge < -0.3 is 14.5 Å². The number of anilines is 1. The number of carbonyl (C=O) groups is 1. The third kappa shape index (κ3) is 6.17. The number of rotatable bonds is 7. The Labute approximate surface area is 226 Å². The Kier molecular flexibility index (Phi) is 7.61. The Morgan fingerprint density at radius 1 is 0.925 bits per heavy atom. The molecule has 0 amide bonds. The van der Waals surface area contributed by atoms with Crippen LogP contribution in [0.3, 0.4) is 0 Å². The molecule has 0 unspecified atom stereocenters. The molecule has 7 nitrogen and oxygen atoms in total. The first-order chi connectivity index (χ1) is 19.1. The van der Waals surface area contributed by atoms with E-state index in [0.29, 0.717) is 40.9 Å². The summed E-state index contributed by atoms with van der Waals surface area (Å²) in [7, 11) is 2.06. The zero-order chi connectivity index (χ0) is 28.4. The maximum Gasteiger partial charge on any atom is 0.416 e. The van der Waals surface area contributed by atoms with Gasteiger partial charge in [-0.25, -0.2) is 23.7 Å². The Balaban J connectivity index is 1.28. The summed E-state index contributed by atoms with van der Waals surface area (Å²) in [6.45, 7) is 3.45. The molecule has 3 heterocycles. The number of Topliss-reactive ketones (excluding diaryl/α,β-unsaturated/α-hetero) is 1. The standard InChI is InChI=1S/C28H24F5N5O2/c1-37-8-10-38(11-9-37)25-16-35-26-24(6-7-34-27(26)36-25)40-21-4-2-17(23(30)15-21)13-20(39)14-18-12-19(28(31,32)33)3-5-22(18)29/h2-7,12,15-16H,8-11,13-14H2,1H3. The van der Waals surface area contributed by atoms with E-state index in [1.807, 2.05) is 0 Å². The van der Waals surface area contributed by atoms with Crippen molar-refractivity contribution in [2.45, 2.75) is 19.0 Å². The van der Waals surface area contributed by atoms with Gasteiger partial charge in [0.2, 0.25) is 0 Å². The van der Waals surface area contributed by atoms with Crippen molar-refractivity contribution in [1.29, 1.82) is 0 Å². The van der Waals surface area contributed by atoms with Crippen molar-refractivity contribution in [1.82, 2.24) is 19.9 Å². The molecular weight excluding hydrogens is 533 g/mol. The van der Waals surface area contributed by atoms with Crippen LogP contribution in [0, 0.1) is 11.6 Å². The fourth-order valence-corrected chi connectivity index (χ4v) is 4.39. The molecule has 208 valence electrons. The molecule has 12 heteroatoms. The third-order valence-electron chi connectivity index (χ3n) is 6.63. The summed E-state index contributed by atoms with van der Waals surface area (Å²) >= 11 is 0. The van der Waals surface area contributed by atoms with E-state index < -0.39 is 47.6 Å². The van der Waals surface area contributed by atoms with Crippen LogP contribution in [-0.4, -0.2) is 58.9 Å². The largest absolute Gasteiger partial charge is 0.455 e. The van der Waals surface area contributed by atoms with Gasteiger partial charge in [-0.15, -0.1) is 0 Å². The van der Waals surface area contributed by atoms with E-state index in [9.17, 15) is 26.7 Å². The van der Waals surface area contributed by atoms with E-state index in [4.69, 9.17) is 4.74 Å². The quantitative estimate of drug-likeness (QED) is 0.289. The van der Waals surface area contributed by atoms with E-state index in [0.717, 1.165) is 32.2 Å². The smallest absolute Gasteiger partial charge is 0.416 e. The molecule has 0 atom stereocenters. The molecule has 0 N–H and O–H groups in total. The van der Waals surface area contributed by atoms with Crippen LogP contribution in [0.5, 0.6) is 11.5 Å². The van der Waals surface area contributed by atoms with Gasteiger partial charge in [0.05, 0.1) is 11.8 Å². The highest BCUT2D eigenvalue weighted by molar-refractivity contribution is 5.83. The second-order valence-corrected chi connectivity index (χ2v) is 9.55. The Bertz CT molecular complexity index is 1550. The van der Waals surface area contributed by atoms with Gasteiger partial charge in [-0.2, -0.15) is 13.2 Å². The molecule has 5 rings (SSSR count). The lowest BCUT2D eigenvalue weighted by Gasteiger charge is -2.32.